The van der Waals surface area contributed by atoms with Crippen LogP contribution in [-0.2, 0) is 13.0 Å². The second-order valence-corrected chi connectivity index (χ2v) is 5.00. The van der Waals surface area contributed by atoms with Gasteiger partial charge in [-0.05, 0) is 41.8 Å². The molecule has 0 atom stereocenters. The highest BCUT2D eigenvalue weighted by molar-refractivity contribution is 5.94. The molecule has 5 heteroatoms. The first-order chi connectivity index (χ1) is 10.1. The number of nitrogens with zero attached hydrogens (tertiary/aromatic N) is 2. The Labute approximate surface area is 121 Å². The zero-order chi connectivity index (χ0) is 14.8. The van der Waals surface area contributed by atoms with Gasteiger partial charge >= 0.3 is 5.97 Å². The van der Waals surface area contributed by atoms with Gasteiger partial charge in [-0.2, -0.15) is 0 Å². The van der Waals surface area contributed by atoms with Crippen LogP contribution < -0.4 is 0 Å². The number of fused-ring (bicyclic) bond motifs is 1. The van der Waals surface area contributed by atoms with Gasteiger partial charge in [-0.15, -0.1) is 0 Å². The summed E-state index contributed by atoms with van der Waals surface area (Å²) in [5, 5.41) is 9.05. The summed E-state index contributed by atoms with van der Waals surface area (Å²) in [6.07, 6.45) is 3.92. The molecular weight excluding hydrogens is 268 g/mol. The van der Waals surface area contributed by atoms with Gasteiger partial charge in [-0.1, -0.05) is 6.07 Å². The fourth-order valence-electron chi connectivity index (χ4n) is 2.54. The topological polar surface area (TPSA) is 70.5 Å². The number of carbonyl (C=O) groups excluding carboxylic acids is 1. The fraction of sp³-hybridized carbons (Fsp3) is 0.188. The van der Waals surface area contributed by atoms with Crippen molar-refractivity contribution < 1.29 is 14.7 Å². The van der Waals surface area contributed by atoms with Crippen LogP contribution >= 0.6 is 0 Å². The van der Waals surface area contributed by atoms with E-state index in [9.17, 15) is 9.59 Å². The molecule has 1 aliphatic rings. The number of hydrogen-bond acceptors (Lipinski definition) is 3. The van der Waals surface area contributed by atoms with Gasteiger partial charge in [0.2, 0.25) is 0 Å². The molecule has 1 N–H and O–H groups in total. The van der Waals surface area contributed by atoms with Crippen molar-refractivity contribution in [2.24, 2.45) is 0 Å². The summed E-state index contributed by atoms with van der Waals surface area (Å²) in [6, 6.07) is 8.48. The Hall–Kier alpha value is -2.69. The Morgan fingerprint density at radius 1 is 1.05 bits per heavy atom. The van der Waals surface area contributed by atoms with E-state index in [1.54, 1.807) is 41.6 Å². The predicted octanol–water partition coefficient (Wildman–Crippen LogP) is 1.98. The molecule has 2 aromatic rings. The minimum Gasteiger partial charge on any atom is -0.478 e. The molecule has 0 saturated carbocycles. The molecule has 1 aromatic heterocycles. The van der Waals surface area contributed by atoms with Crippen LogP contribution in [0.1, 0.15) is 31.8 Å². The standard InChI is InChI=1S/C16H14N2O3/c19-15(12-3-6-17-7-4-12)18-8-5-11-1-2-13(16(20)21)9-14(11)10-18/h1-4,6-7,9H,5,8,10H2,(H,20,21). The van der Waals surface area contributed by atoms with Crippen molar-refractivity contribution in [3.8, 4) is 0 Å². The fourth-order valence-corrected chi connectivity index (χ4v) is 2.54. The van der Waals surface area contributed by atoms with E-state index in [0.717, 1.165) is 17.5 Å². The lowest BCUT2D eigenvalue weighted by atomic mass is 9.97. The lowest BCUT2D eigenvalue weighted by Gasteiger charge is -2.29. The molecule has 0 unspecified atom stereocenters. The van der Waals surface area contributed by atoms with Crippen LogP contribution in [0.25, 0.3) is 0 Å². The largest absolute Gasteiger partial charge is 0.478 e. The van der Waals surface area contributed by atoms with E-state index in [1.165, 1.54) is 0 Å². The van der Waals surface area contributed by atoms with Crippen molar-refractivity contribution in [3.63, 3.8) is 0 Å². The minimum absolute atomic E-state index is 0.0521. The van der Waals surface area contributed by atoms with Crippen molar-refractivity contribution in [1.29, 1.82) is 0 Å². The molecule has 0 radical (unpaired) electrons. The summed E-state index contributed by atoms with van der Waals surface area (Å²) in [5.41, 5.74) is 2.87. The molecule has 106 valence electrons. The molecule has 3 rings (SSSR count). The Kier molecular flexibility index (Phi) is 3.39. The van der Waals surface area contributed by atoms with Gasteiger partial charge in [0.1, 0.15) is 0 Å². The lowest BCUT2D eigenvalue weighted by molar-refractivity contribution is 0.0696. The first kappa shape index (κ1) is 13.3. The zero-order valence-electron chi connectivity index (χ0n) is 11.3. The highest BCUT2D eigenvalue weighted by atomic mass is 16.4. The van der Waals surface area contributed by atoms with Gasteiger partial charge in [-0.25, -0.2) is 4.79 Å². The van der Waals surface area contributed by atoms with Gasteiger partial charge in [-0.3, -0.25) is 9.78 Å². The monoisotopic (exact) mass is 282 g/mol. The number of benzene rings is 1. The summed E-state index contributed by atoms with van der Waals surface area (Å²) in [6.45, 7) is 1.08. The molecule has 0 saturated heterocycles. The minimum atomic E-state index is -0.949. The summed E-state index contributed by atoms with van der Waals surface area (Å²) < 4.78 is 0. The number of carbonyl (C=O) groups is 2. The highest BCUT2D eigenvalue weighted by Crippen LogP contribution is 2.22. The second kappa shape index (κ2) is 5.36. The summed E-state index contributed by atoms with van der Waals surface area (Å²) in [7, 11) is 0. The number of carboxylic acids is 1. The van der Waals surface area contributed by atoms with Gasteiger partial charge in [0, 0.05) is 31.0 Å². The van der Waals surface area contributed by atoms with Crippen molar-refractivity contribution >= 4 is 11.9 Å². The lowest BCUT2D eigenvalue weighted by Crippen LogP contribution is -2.36. The van der Waals surface area contributed by atoms with Crippen LogP contribution in [0.15, 0.2) is 42.7 Å². The van der Waals surface area contributed by atoms with Crippen molar-refractivity contribution in [2.45, 2.75) is 13.0 Å². The van der Waals surface area contributed by atoms with Crippen molar-refractivity contribution in [3.05, 3.63) is 65.0 Å². The normalized spacial score (nSPS) is 13.6. The predicted molar refractivity (Wildman–Crippen MR) is 76.1 cm³/mol. The Morgan fingerprint density at radius 3 is 2.52 bits per heavy atom. The Balaban J connectivity index is 1.85. The van der Waals surface area contributed by atoms with E-state index in [4.69, 9.17) is 5.11 Å². The van der Waals surface area contributed by atoms with Crippen LogP contribution in [0.5, 0.6) is 0 Å². The number of aromatic nitrogens is 1. The van der Waals surface area contributed by atoms with Crippen LogP contribution in [0, 0.1) is 0 Å². The Bertz CT molecular complexity index is 698. The second-order valence-electron chi connectivity index (χ2n) is 5.00. The first-order valence-electron chi connectivity index (χ1n) is 6.69. The average Bonchev–Trinajstić information content (AvgIpc) is 2.54. The van der Waals surface area contributed by atoms with Gasteiger partial charge < -0.3 is 10.0 Å². The van der Waals surface area contributed by atoms with Crippen molar-refractivity contribution in [2.75, 3.05) is 6.54 Å². The van der Waals surface area contributed by atoms with Gasteiger partial charge in [0.15, 0.2) is 0 Å². The van der Waals surface area contributed by atoms with E-state index in [0.29, 0.717) is 18.7 Å². The molecule has 21 heavy (non-hydrogen) atoms. The smallest absolute Gasteiger partial charge is 0.335 e. The number of hydrogen-bond donors (Lipinski definition) is 1. The first-order valence-corrected chi connectivity index (χ1v) is 6.69. The number of aromatic carboxylic acids is 1. The molecule has 0 spiro atoms. The maximum absolute atomic E-state index is 12.4. The quantitative estimate of drug-likeness (QED) is 0.914. The number of rotatable bonds is 2. The third-order valence-corrected chi connectivity index (χ3v) is 3.68. The van der Waals surface area contributed by atoms with Crippen LogP contribution in [-0.4, -0.2) is 33.4 Å². The molecule has 0 fully saturated rings. The molecular formula is C16H14N2O3. The summed E-state index contributed by atoms with van der Waals surface area (Å²) in [5.74, 6) is -1.00. The van der Waals surface area contributed by atoms with Crippen LogP contribution in [0.4, 0.5) is 0 Å². The van der Waals surface area contributed by atoms with Crippen molar-refractivity contribution in [1.82, 2.24) is 9.88 Å². The molecule has 0 aliphatic carbocycles. The highest BCUT2D eigenvalue weighted by Gasteiger charge is 2.22. The number of amides is 1. The third-order valence-electron chi connectivity index (χ3n) is 3.68. The number of pyridine rings is 1. The maximum atomic E-state index is 12.4. The summed E-state index contributed by atoms with van der Waals surface area (Å²) >= 11 is 0. The molecule has 0 bridgehead atoms. The van der Waals surface area contributed by atoms with E-state index in [-0.39, 0.29) is 11.5 Å². The van der Waals surface area contributed by atoms with Gasteiger partial charge in [0.05, 0.1) is 5.56 Å². The van der Waals surface area contributed by atoms with E-state index in [2.05, 4.69) is 4.98 Å². The Morgan fingerprint density at radius 2 is 1.81 bits per heavy atom. The SMILES string of the molecule is O=C(O)c1ccc2c(c1)CN(C(=O)c1ccncc1)CC2. The van der Waals surface area contributed by atoms with Crippen LogP contribution in [0.3, 0.4) is 0 Å². The molecule has 1 aliphatic heterocycles. The van der Waals surface area contributed by atoms with E-state index < -0.39 is 5.97 Å². The third kappa shape index (κ3) is 2.63. The average molecular weight is 282 g/mol. The van der Waals surface area contributed by atoms with E-state index in [1.807, 2.05) is 6.07 Å². The molecule has 1 aromatic carbocycles. The maximum Gasteiger partial charge on any atom is 0.335 e. The van der Waals surface area contributed by atoms with Gasteiger partial charge in [0.25, 0.3) is 5.91 Å². The zero-order valence-corrected chi connectivity index (χ0v) is 11.3. The van der Waals surface area contributed by atoms with Crippen LogP contribution in [0.2, 0.25) is 0 Å². The van der Waals surface area contributed by atoms with E-state index >= 15 is 0 Å². The molecule has 5 nitrogen and oxygen atoms in total. The summed E-state index contributed by atoms with van der Waals surface area (Å²) in [4.78, 5) is 29.1. The number of carboxylic acid groups (broad SMARTS) is 1. The molecule has 2 heterocycles. The molecule has 1 amide bonds.